The van der Waals surface area contributed by atoms with Gasteiger partial charge in [-0.25, -0.2) is 4.98 Å². The van der Waals surface area contributed by atoms with E-state index in [1.54, 1.807) is 12.3 Å². The summed E-state index contributed by atoms with van der Waals surface area (Å²) < 4.78 is 0. The molecule has 0 spiro atoms. The van der Waals surface area contributed by atoms with Gasteiger partial charge in [0.15, 0.2) is 0 Å². The number of nitrogens with one attached hydrogen (secondary N) is 2. The molecule has 2 rings (SSSR count). The van der Waals surface area contributed by atoms with Gasteiger partial charge in [-0.2, -0.15) is 0 Å². The van der Waals surface area contributed by atoms with Crippen LogP contribution in [0.3, 0.4) is 0 Å². The highest BCUT2D eigenvalue weighted by Crippen LogP contribution is 2.14. The van der Waals surface area contributed by atoms with E-state index in [4.69, 9.17) is 0 Å². The standard InChI is InChI=1S/C14H23N5O/c1-15-5-6-17-14(20)12-3-4-16-13(11-12)19-9-7-18(2)8-10-19/h3-4,11,15H,5-10H2,1-2H3,(H,17,20). The maximum Gasteiger partial charge on any atom is 0.251 e. The fraction of sp³-hybridized carbons (Fsp3) is 0.571. The zero-order valence-corrected chi connectivity index (χ0v) is 12.2. The van der Waals surface area contributed by atoms with Crippen LogP contribution in [0.15, 0.2) is 18.3 Å². The molecule has 2 heterocycles. The lowest BCUT2D eigenvalue weighted by Gasteiger charge is -2.33. The Morgan fingerprint density at radius 2 is 2.05 bits per heavy atom. The minimum atomic E-state index is -0.0435. The summed E-state index contributed by atoms with van der Waals surface area (Å²) in [5, 5.41) is 5.88. The Hall–Kier alpha value is -1.66. The fourth-order valence-electron chi connectivity index (χ4n) is 2.17. The monoisotopic (exact) mass is 277 g/mol. The van der Waals surface area contributed by atoms with E-state index in [1.165, 1.54) is 0 Å². The van der Waals surface area contributed by atoms with Crippen molar-refractivity contribution < 1.29 is 4.79 Å². The van der Waals surface area contributed by atoms with Crippen molar-refractivity contribution in [2.45, 2.75) is 0 Å². The second-order valence-corrected chi connectivity index (χ2v) is 5.05. The zero-order chi connectivity index (χ0) is 14.4. The topological polar surface area (TPSA) is 60.5 Å². The second kappa shape index (κ2) is 7.21. The second-order valence-electron chi connectivity index (χ2n) is 5.05. The molecule has 1 aliphatic heterocycles. The molecule has 0 saturated carbocycles. The summed E-state index contributed by atoms with van der Waals surface area (Å²) in [6.07, 6.45) is 1.71. The van der Waals surface area contributed by atoms with Crippen LogP contribution < -0.4 is 15.5 Å². The molecule has 1 fully saturated rings. The van der Waals surface area contributed by atoms with Crippen molar-refractivity contribution in [1.82, 2.24) is 20.5 Å². The molecule has 6 heteroatoms. The highest BCUT2D eigenvalue weighted by molar-refractivity contribution is 5.94. The van der Waals surface area contributed by atoms with Gasteiger partial charge >= 0.3 is 0 Å². The van der Waals surface area contributed by atoms with E-state index in [0.29, 0.717) is 12.1 Å². The Morgan fingerprint density at radius 3 is 2.75 bits per heavy atom. The average molecular weight is 277 g/mol. The smallest absolute Gasteiger partial charge is 0.251 e. The van der Waals surface area contributed by atoms with Crippen LogP contribution in [-0.2, 0) is 0 Å². The predicted molar refractivity (Wildman–Crippen MR) is 80.2 cm³/mol. The summed E-state index contributed by atoms with van der Waals surface area (Å²) in [6, 6.07) is 3.63. The average Bonchev–Trinajstić information content (AvgIpc) is 2.48. The number of pyridine rings is 1. The van der Waals surface area contributed by atoms with Gasteiger partial charge in [-0.15, -0.1) is 0 Å². The van der Waals surface area contributed by atoms with Gasteiger partial charge in [0.05, 0.1) is 0 Å². The normalized spacial score (nSPS) is 16.2. The number of hydrogen-bond acceptors (Lipinski definition) is 5. The molecule has 110 valence electrons. The molecule has 0 bridgehead atoms. The molecule has 0 atom stereocenters. The summed E-state index contributed by atoms with van der Waals surface area (Å²) >= 11 is 0. The maximum atomic E-state index is 12.0. The van der Waals surface area contributed by atoms with Crippen molar-refractivity contribution in [1.29, 1.82) is 0 Å². The number of amides is 1. The Morgan fingerprint density at radius 1 is 1.30 bits per heavy atom. The van der Waals surface area contributed by atoms with Crippen LogP contribution in [-0.4, -0.2) is 69.2 Å². The van der Waals surface area contributed by atoms with Crippen LogP contribution in [0.2, 0.25) is 0 Å². The lowest BCUT2D eigenvalue weighted by molar-refractivity contribution is 0.0954. The number of hydrogen-bond donors (Lipinski definition) is 2. The minimum absolute atomic E-state index is 0.0435. The van der Waals surface area contributed by atoms with Crippen molar-refractivity contribution >= 4 is 11.7 Å². The molecule has 20 heavy (non-hydrogen) atoms. The fourth-order valence-corrected chi connectivity index (χ4v) is 2.17. The molecule has 1 saturated heterocycles. The van der Waals surface area contributed by atoms with Gasteiger partial charge in [-0.3, -0.25) is 4.79 Å². The molecule has 0 aliphatic carbocycles. The van der Waals surface area contributed by atoms with Gasteiger partial charge in [-0.05, 0) is 26.2 Å². The number of rotatable bonds is 5. The van der Waals surface area contributed by atoms with Gasteiger partial charge in [0, 0.05) is 51.0 Å². The van der Waals surface area contributed by atoms with Crippen molar-refractivity contribution in [3.63, 3.8) is 0 Å². The molecule has 0 unspecified atom stereocenters. The van der Waals surface area contributed by atoms with E-state index in [-0.39, 0.29) is 5.91 Å². The molecule has 1 amide bonds. The summed E-state index contributed by atoms with van der Waals surface area (Å²) in [6.45, 7) is 5.35. The number of piperazine rings is 1. The quantitative estimate of drug-likeness (QED) is 0.729. The van der Waals surface area contributed by atoms with Gasteiger partial charge in [0.1, 0.15) is 5.82 Å². The first kappa shape index (κ1) is 14.7. The molecule has 1 aliphatic rings. The van der Waals surface area contributed by atoms with E-state index < -0.39 is 0 Å². The van der Waals surface area contributed by atoms with Gasteiger partial charge in [-0.1, -0.05) is 0 Å². The van der Waals surface area contributed by atoms with Crippen LogP contribution in [0, 0.1) is 0 Å². The van der Waals surface area contributed by atoms with Crippen LogP contribution in [0.25, 0.3) is 0 Å². The van der Waals surface area contributed by atoms with Gasteiger partial charge < -0.3 is 20.4 Å². The lowest BCUT2D eigenvalue weighted by Crippen LogP contribution is -2.44. The third-order valence-electron chi connectivity index (χ3n) is 3.50. The van der Waals surface area contributed by atoms with Crippen molar-refractivity contribution in [3.8, 4) is 0 Å². The zero-order valence-electron chi connectivity index (χ0n) is 12.2. The van der Waals surface area contributed by atoms with Crippen LogP contribution in [0.4, 0.5) is 5.82 Å². The summed E-state index contributed by atoms with van der Waals surface area (Å²) in [4.78, 5) is 20.9. The Balaban J connectivity index is 1.98. The third kappa shape index (κ3) is 3.91. The van der Waals surface area contributed by atoms with Gasteiger partial charge in [0.25, 0.3) is 5.91 Å². The summed E-state index contributed by atoms with van der Waals surface area (Å²) in [5.74, 6) is 0.845. The molecule has 0 radical (unpaired) electrons. The first-order chi connectivity index (χ1) is 9.70. The molecule has 1 aromatic heterocycles. The Bertz CT molecular complexity index is 443. The number of likely N-dealkylation sites (N-methyl/N-ethyl adjacent to an activating group) is 2. The number of carbonyl (C=O) groups is 1. The Labute approximate surface area is 120 Å². The van der Waals surface area contributed by atoms with Crippen LogP contribution in [0.5, 0.6) is 0 Å². The lowest BCUT2D eigenvalue weighted by atomic mass is 10.2. The third-order valence-corrected chi connectivity index (χ3v) is 3.50. The SMILES string of the molecule is CNCCNC(=O)c1ccnc(N2CCN(C)CC2)c1. The maximum absolute atomic E-state index is 12.0. The number of anilines is 1. The van der Waals surface area contributed by atoms with E-state index in [1.807, 2.05) is 13.1 Å². The van der Waals surface area contributed by atoms with Crippen molar-refractivity contribution in [2.75, 3.05) is 58.3 Å². The van der Waals surface area contributed by atoms with Crippen LogP contribution >= 0.6 is 0 Å². The Kier molecular flexibility index (Phi) is 5.31. The van der Waals surface area contributed by atoms with Crippen molar-refractivity contribution in [3.05, 3.63) is 23.9 Å². The highest BCUT2D eigenvalue weighted by Gasteiger charge is 2.16. The first-order valence-electron chi connectivity index (χ1n) is 7.03. The van der Waals surface area contributed by atoms with Crippen molar-refractivity contribution in [2.24, 2.45) is 0 Å². The van der Waals surface area contributed by atoms with E-state index >= 15 is 0 Å². The highest BCUT2D eigenvalue weighted by atomic mass is 16.1. The van der Waals surface area contributed by atoms with Crippen LogP contribution in [0.1, 0.15) is 10.4 Å². The molecule has 1 aromatic rings. The number of carbonyl (C=O) groups excluding carboxylic acids is 1. The summed E-state index contributed by atoms with van der Waals surface area (Å²) in [5.41, 5.74) is 0.671. The molecule has 6 nitrogen and oxygen atoms in total. The molecule has 0 aromatic carbocycles. The first-order valence-corrected chi connectivity index (χ1v) is 7.03. The summed E-state index contributed by atoms with van der Waals surface area (Å²) in [7, 11) is 3.99. The van der Waals surface area contributed by atoms with E-state index in [9.17, 15) is 4.79 Å². The largest absolute Gasteiger partial charge is 0.354 e. The van der Waals surface area contributed by atoms with Gasteiger partial charge in [0.2, 0.25) is 0 Å². The predicted octanol–water partition coefficient (Wildman–Crippen LogP) is -0.217. The number of nitrogens with zero attached hydrogens (tertiary/aromatic N) is 3. The number of aromatic nitrogens is 1. The minimum Gasteiger partial charge on any atom is -0.354 e. The molecular formula is C14H23N5O. The molecular weight excluding hydrogens is 254 g/mol. The van der Waals surface area contributed by atoms with E-state index in [0.717, 1.165) is 38.5 Å². The van der Waals surface area contributed by atoms with E-state index in [2.05, 4.69) is 32.5 Å². The molecule has 2 N–H and O–H groups in total.